The number of hydrogen-bond acceptors (Lipinski definition) is 4. The first-order chi connectivity index (χ1) is 9.56. The van der Waals surface area contributed by atoms with Gasteiger partial charge in [-0.15, -0.1) is 0 Å². The minimum atomic E-state index is 0.200. The van der Waals surface area contributed by atoms with Crippen molar-refractivity contribution in [3.8, 4) is 0 Å². The van der Waals surface area contributed by atoms with Crippen LogP contribution in [0.5, 0.6) is 0 Å². The largest absolute Gasteiger partial charge is 0.368 e. The van der Waals surface area contributed by atoms with Gasteiger partial charge in [0.15, 0.2) is 0 Å². The molecule has 20 heavy (non-hydrogen) atoms. The molecule has 0 radical (unpaired) electrons. The zero-order valence-corrected chi connectivity index (χ0v) is 12.8. The molecular formula is C14H21ClN4O. The molecule has 0 spiro atoms. The average Bonchev–Trinajstić information content (AvgIpc) is 2.43. The molecule has 1 saturated heterocycles. The van der Waals surface area contributed by atoms with Gasteiger partial charge in [0.05, 0.1) is 6.20 Å². The molecule has 0 bridgehead atoms. The Kier molecular flexibility index (Phi) is 5.17. The number of aryl methyl sites for hydroxylation is 1. The van der Waals surface area contributed by atoms with E-state index in [1.807, 2.05) is 11.8 Å². The summed E-state index contributed by atoms with van der Waals surface area (Å²) in [5.74, 6) is 2.19. The van der Waals surface area contributed by atoms with E-state index in [1.54, 1.807) is 6.20 Å². The molecule has 1 N–H and O–H groups in total. The SMILES string of the molecule is Cc1ncc(Cl)c(NCCC(=O)N2CCC(C)CC2)n1. The van der Waals surface area contributed by atoms with E-state index in [2.05, 4.69) is 22.2 Å². The topological polar surface area (TPSA) is 58.1 Å². The molecule has 0 saturated carbocycles. The van der Waals surface area contributed by atoms with Crippen LogP contribution in [0.15, 0.2) is 6.20 Å². The van der Waals surface area contributed by atoms with Crippen molar-refractivity contribution in [2.45, 2.75) is 33.1 Å². The van der Waals surface area contributed by atoms with E-state index < -0.39 is 0 Å². The fourth-order valence-corrected chi connectivity index (χ4v) is 2.44. The Morgan fingerprint density at radius 2 is 2.20 bits per heavy atom. The third-order valence-electron chi connectivity index (χ3n) is 3.63. The first kappa shape index (κ1) is 15.0. The number of anilines is 1. The summed E-state index contributed by atoms with van der Waals surface area (Å²) in [6.07, 6.45) is 4.25. The van der Waals surface area contributed by atoms with Gasteiger partial charge in [0.2, 0.25) is 5.91 Å². The molecule has 0 unspecified atom stereocenters. The quantitative estimate of drug-likeness (QED) is 0.927. The molecule has 0 aromatic carbocycles. The van der Waals surface area contributed by atoms with Crippen LogP contribution in [0.1, 0.15) is 32.0 Å². The summed E-state index contributed by atoms with van der Waals surface area (Å²) in [6.45, 7) is 6.35. The number of carbonyl (C=O) groups excluding carboxylic acids is 1. The molecule has 0 aliphatic carbocycles. The summed E-state index contributed by atoms with van der Waals surface area (Å²) < 4.78 is 0. The van der Waals surface area contributed by atoms with Crippen LogP contribution in [-0.2, 0) is 4.79 Å². The van der Waals surface area contributed by atoms with Crippen LogP contribution in [0.25, 0.3) is 0 Å². The lowest BCUT2D eigenvalue weighted by molar-refractivity contribution is -0.132. The third-order valence-corrected chi connectivity index (χ3v) is 3.91. The summed E-state index contributed by atoms with van der Waals surface area (Å²) in [7, 11) is 0. The predicted octanol–water partition coefficient (Wildman–Crippen LogP) is 2.50. The molecule has 0 atom stereocenters. The number of likely N-dealkylation sites (tertiary alicyclic amines) is 1. The molecule has 1 aliphatic heterocycles. The van der Waals surface area contributed by atoms with E-state index in [1.165, 1.54) is 0 Å². The second kappa shape index (κ2) is 6.88. The van der Waals surface area contributed by atoms with Crippen LogP contribution >= 0.6 is 11.6 Å². The van der Waals surface area contributed by atoms with Crippen LogP contribution < -0.4 is 5.32 Å². The van der Waals surface area contributed by atoms with Gasteiger partial charge in [0.1, 0.15) is 16.7 Å². The van der Waals surface area contributed by atoms with Crippen LogP contribution in [0.4, 0.5) is 5.82 Å². The summed E-state index contributed by atoms with van der Waals surface area (Å²) in [5, 5.41) is 3.58. The van der Waals surface area contributed by atoms with Crippen molar-refractivity contribution < 1.29 is 4.79 Å². The van der Waals surface area contributed by atoms with Gasteiger partial charge in [0, 0.05) is 26.1 Å². The van der Waals surface area contributed by atoms with Crippen LogP contribution in [0.2, 0.25) is 5.02 Å². The highest BCUT2D eigenvalue weighted by atomic mass is 35.5. The minimum Gasteiger partial charge on any atom is -0.368 e. The second-order valence-corrected chi connectivity index (χ2v) is 5.76. The van der Waals surface area contributed by atoms with Gasteiger partial charge >= 0.3 is 0 Å². The number of amides is 1. The van der Waals surface area contributed by atoms with E-state index in [0.29, 0.717) is 29.6 Å². The van der Waals surface area contributed by atoms with Gasteiger partial charge < -0.3 is 10.2 Å². The number of carbonyl (C=O) groups is 1. The Hall–Kier alpha value is -1.36. The zero-order valence-electron chi connectivity index (χ0n) is 12.0. The van der Waals surface area contributed by atoms with Crippen molar-refractivity contribution in [2.24, 2.45) is 5.92 Å². The number of nitrogens with one attached hydrogen (secondary N) is 1. The lowest BCUT2D eigenvalue weighted by Gasteiger charge is -2.30. The van der Waals surface area contributed by atoms with Gasteiger partial charge in [0.25, 0.3) is 0 Å². The second-order valence-electron chi connectivity index (χ2n) is 5.35. The van der Waals surface area contributed by atoms with E-state index in [9.17, 15) is 4.79 Å². The van der Waals surface area contributed by atoms with Gasteiger partial charge in [-0.2, -0.15) is 0 Å². The minimum absolute atomic E-state index is 0.200. The fourth-order valence-electron chi connectivity index (χ4n) is 2.28. The number of halogens is 1. The average molecular weight is 297 g/mol. The highest BCUT2D eigenvalue weighted by Crippen LogP contribution is 2.18. The van der Waals surface area contributed by atoms with Crippen molar-refractivity contribution in [3.05, 3.63) is 17.0 Å². The summed E-state index contributed by atoms with van der Waals surface area (Å²) >= 11 is 5.99. The van der Waals surface area contributed by atoms with Crippen LogP contribution in [-0.4, -0.2) is 40.4 Å². The maximum atomic E-state index is 12.1. The van der Waals surface area contributed by atoms with E-state index >= 15 is 0 Å². The maximum Gasteiger partial charge on any atom is 0.224 e. The highest BCUT2D eigenvalue weighted by molar-refractivity contribution is 6.32. The summed E-state index contributed by atoms with van der Waals surface area (Å²) in [4.78, 5) is 22.2. The van der Waals surface area contributed by atoms with E-state index in [0.717, 1.165) is 31.8 Å². The first-order valence-electron chi connectivity index (χ1n) is 7.07. The monoisotopic (exact) mass is 296 g/mol. The Labute approximate surface area is 124 Å². The molecule has 1 amide bonds. The van der Waals surface area contributed by atoms with Crippen LogP contribution in [0, 0.1) is 12.8 Å². The fraction of sp³-hybridized carbons (Fsp3) is 0.643. The number of hydrogen-bond donors (Lipinski definition) is 1. The summed E-state index contributed by atoms with van der Waals surface area (Å²) in [5.41, 5.74) is 0. The van der Waals surface area contributed by atoms with Crippen molar-refractivity contribution >= 4 is 23.3 Å². The van der Waals surface area contributed by atoms with E-state index in [-0.39, 0.29) is 5.91 Å². The third kappa shape index (κ3) is 4.07. The Balaban J connectivity index is 1.78. The van der Waals surface area contributed by atoms with Crippen molar-refractivity contribution in [3.63, 3.8) is 0 Å². The normalized spacial score (nSPS) is 16.2. The van der Waals surface area contributed by atoms with Crippen molar-refractivity contribution in [2.75, 3.05) is 25.0 Å². The van der Waals surface area contributed by atoms with E-state index in [4.69, 9.17) is 11.6 Å². The highest BCUT2D eigenvalue weighted by Gasteiger charge is 2.19. The number of rotatable bonds is 4. The van der Waals surface area contributed by atoms with Crippen LogP contribution in [0.3, 0.4) is 0 Å². The van der Waals surface area contributed by atoms with Gasteiger partial charge in [-0.05, 0) is 25.7 Å². The van der Waals surface area contributed by atoms with Gasteiger partial charge in [-0.1, -0.05) is 18.5 Å². The molecule has 5 nitrogen and oxygen atoms in total. The molecule has 2 heterocycles. The summed E-state index contributed by atoms with van der Waals surface area (Å²) in [6, 6.07) is 0. The number of piperidine rings is 1. The molecule has 1 fully saturated rings. The first-order valence-corrected chi connectivity index (χ1v) is 7.45. The predicted molar refractivity (Wildman–Crippen MR) is 79.9 cm³/mol. The number of nitrogens with zero attached hydrogens (tertiary/aromatic N) is 3. The molecule has 1 aromatic rings. The Morgan fingerprint density at radius 1 is 1.50 bits per heavy atom. The van der Waals surface area contributed by atoms with Gasteiger partial charge in [-0.3, -0.25) is 4.79 Å². The molecule has 110 valence electrons. The molecule has 2 rings (SSSR count). The molecule has 1 aliphatic rings. The van der Waals surface area contributed by atoms with Crippen molar-refractivity contribution in [1.82, 2.24) is 14.9 Å². The lowest BCUT2D eigenvalue weighted by atomic mass is 9.99. The molecule has 1 aromatic heterocycles. The van der Waals surface area contributed by atoms with Crippen molar-refractivity contribution in [1.29, 1.82) is 0 Å². The Morgan fingerprint density at radius 3 is 2.90 bits per heavy atom. The Bertz CT molecular complexity index is 472. The lowest BCUT2D eigenvalue weighted by Crippen LogP contribution is -2.38. The maximum absolute atomic E-state index is 12.1. The van der Waals surface area contributed by atoms with Gasteiger partial charge in [-0.25, -0.2) is 9.97 Å². The molecular weight excluding hydrogens is 276 g/mol. The smallest absolute Gasteiger partial charge is 0.224 e. The molecule has 6 heteroatoms. The standard InChI is InChI=1S/C14H21ClN4O/c1-10-4-7-19(8-5-10)13(20)3-6-16-14-12(15)9-17-11(2)18-14/h9-10H,3-8H2,1-2H3,(H,16,17,18). The zero-order chi connectivity index (χ0) is 14.5. The number of aromatic nitrogens is 2.